The maximum atomic E-state index is 5.99. The lowest BCUT2D eigenvalue weighted by atomic mass is 10.2. The van der Waals surface area contributed by atoms with Crippen molar-refractivity contribution in [2.75, 3.05) is 5.32 Å². The fourth-order valence-corrected chi connectivity index (χ4v) is 2.92. The van der Waals surface area contributed by atoms with E-state index in [1.807, 2.05) is 53.9 Å². The number of hydrogen-bond donors (Lipinski definition) is 1. The lowest BCUT2D eigenvalue weighted by Crippen LogP contribution is -1.89. The van der Waals surface area contributed by atoms with Crippen LogP contribution in [0, 0.1) is 0 Å². The van der Waals surface area contributed by atoms with Gasteiger partial charge in [0.05, 0.1) is 5.69 Å². The fourth-order valence-electron chi connectivity index (χ4n) is 1.80. The Morgan fingerprint density at radius 1 is 0.950 bits per heavy atom. The van der Waals surface area contributed by atoms with Gasteiger partial charge in [-0.25, -0.2) is 4.98 Å². The van der Waals surface area contributed by atoms with Crippen molar-refractivity contribution in [2.45, 2.75) is 0 Å². The zero-order valence-corrected chi connectivity index (χ0v) is 12.6. The SMILES string of the molecule is Clc1cccc(Nc2nc(-c3cccc(Cl)c3)cs2)c1. The van der Waals surface area contributed by atoms with Gasteiger partial charge in [0.15, 0.2) is 5.13 Å². The summed E-state index contributed by atoms with van der Waals surface area (Å²) in [7, 11) is 0. The van der Waals surface area contributed by atoms with E-state index in [2.05, 4.69) is 10.3 Å². The standard InChI is InChI=1S/C15H10Cl2N2S/c16-11-4-1-3-10(7-11)14-9-20-15(19-14)18-13-6-2-5-12(17)8-13/h1-9H,(H,18,19). The molecule has 0 atom stereocenters. The van der Waals surface area contributed by atoms with Crippen LogP contribution in [0.1, 0.15) is 0 Å². The third-order valence-electron chi connectivity index (χ3n) is 2.70. The molecule has 1 N–H and O–H groups in total. The van der Waals surface area contributed by atoms with Crippen LogP contribution in [0.25, 0.3) is 11.3 Å². The molecular formula is C15H10Cl2N2S. The van der Waals surface area contributed by atoms with Crippen LogP contribution >= 0.6 is 34.5 Å². The van der Waals surface area contributed by atoms with Gasteiger partial charge in [0, 0.05) is 26.7 Å². The highest BCUT2D eigenvalue weighted by molar-refractivity contribution is 7.14. The number of nitrogens with zero attached hydrogens (tertiary/aromatic N) is 1. The maximum absolute atomic E-state index is 5.99. The number of benzene rings is 2. The van der Waals surface area contributed by atoms with Crippen molar-refractivity contribution in [1.82, 2.24) is 4.98 Å². The molecule has 0 bridgehead atoms. The summed E-state index contributed by atoms with van der Waals surface area (Å²) in [4.78, 5) is 4.55. The number of halogens is 2. The molecule has 0 aliphatic carbocycles. The predicted octanol–water partition coefficient (Wildman–Crippen LogP) is 5.86. The zero-order valence-electron chi connectivity index (χ0n) is 10.3. The first-order valence-corrected chi connectivity index (χ1v) is 7.58. The van der Waals surface area contributed by atoms with Gasteiger partial charge in [-0.3, -0.25) is 0 Å². The Morgan fingerprint density at radius 2 is 1.70 bits per heavy atom. The molecule has 5 heteroatoms. The van der Waals surface area contributed by atoms with Crippen LogP contribution in [0.4, 0.5) is 10.8 Å². The summed E-state index contributed by atoms with van der Waals surface area (Å²) in [6.07, 6.45) is 0. The van der Waals surface area contributed by atoms with Crippen LogP contribution in [0.2, 0.25) is 10.0 Å². The van der Waals surface area contributed by atoms with E-state index in [4.69, 9.17) is 23.2 Å². The quantitative estimate of drug-likeness (QED) is 0.653. The molecule has 0 saturated heterocycles. The lowest BCUT2D eigenvalue weighted by molar-refractivity contribution is 1.38. The minimum absolute atomic E-state index is 0.696. The minimum atomic E-state index is 0.696. The van der Waals surface area contributed by atoms with Crippen molar-refractivity contribution in [2.24, 2.45) is 0 Å². The number of anilines is 2. The van der Waals surface area contributed by atoms with Gasteiger partial charge in [-0.05, 0) is 30.3 Å². The van der Waals surface area contributed by atoms with Gasteiger partial charge in [0.1, 0.15) is 0 Å². The van der Waals surface area contributed by atoms with E-state index in [-0.39, 0.29) is 0 Å². The topological polar surface area (TPSA) is 24.9 Å². The van der Waals surface area contributed by atoms with Gasteiger partial charge < -0.3 is 5.32 Å². The van der Waals surface area contributed by atoms with Crippen molar-refractivity contribution >= 4 is 45.4 Å². The normalized spacial score (nSPS) is 10.5. The van der Waals surface area contributed by atoms with Crippen molar-refractivity contribution in [3.63, 3.8) is 0 Å². The highest BCUT2D eigenvalue weighted by atomic mass is 35.5. The molecule has 100 valence electrons. The molecule has 0 saturated carbocycles. The van der Waals surface area contributed by atoms with Crippen molar-refractivity contribution < 1.29 is 0 Å². The highest BCUT2D eigenvalue weighted by Gasteiger charge is 2.05. The fraction of sp³-hybridized carbons (Fsp3) is 0. The summed E-state index contributed by atoms with van der Waals surface area (Å²) in [5.74, 6) is 0. The van der Waals surface area contributed by atoms with Gasteiger partial charge in [0.2, 0.25) is 0 Å². The molecule has 3 aromatic rings. The van der Waals surface area contributed by atoms with Gasteiger partial charge >= 0.3 is 0 Å². The van der Waals surface area contributed by atoms with E-state index >= 15 is 0 Å². The average molecular weight is 321 g/mol. The average Bonchev–Trinajstić information content (AvgIpc) is 2.87. The molecular weight excluding hydrogens is 311 g/mol. The monoisotopic (exact) mass is 320 g/mol. The maximum Gasteiger partial charge on any atom is 0.187 e. The predicted molar refractivity (Wildman–Crippen MR) is 87.3 cm³/mol. The first-order chi connectivity index (χ1) is 9.70. The Bertz CT molecular complexity index is 740. The largest absolute Gasteiger partial charge is 0.331 e. The second-order valence-electron chi connectivity index (χ2n) is 4.18. The van der Waals surface area contributed by atoms with Crippen LogP contribution in [-0.2, 0) is 0 Å². The molecule has 1 heterocycles. The first kappa shape index (κ1) is 13.4. The van der Waals surface area contributed by atoms with Crippen molar-refractivity contribution in [3.8, 4) is 11.3 Å². The summed E-state index contributed by atoms with van der Waals surface area (Å²) in [6.45, 7) is 0. The zero-order chi connectivity index (χ0) is 13.9. The number of thiazole rings is 1. The molecule has 20 heavy (non-hydrogen) atoms. The Hall–Kier alpha value is -1.55. The van der Waals surface area contributed by atoms with Crippen molar-refractivity contribution in [1.29, 1.82) is 0 Å². The molecule has 0 unspecified atom stereocenters. The molecule has 0 amide bonds. The lowest BCUT2D eigenvalue weighted by Gasteiger charge is -2.02. The van der Waals surface area contributed by atoms with E-state index in [1.54, 1.807) is 11.3 Å². The first-order valence-electron chi connectivity index (χ1n) is 5.95. The number of hydrogen-bond acceptors (Lipinski definition) is 3. The Kier molecular flexibility index (Phi) is 3.92. The summed E-state index contributed by atoms with van der Waals surface area (Å²) < 4.78 is 0. The number of nitrogens with one attached hydrogen (secondary N) is 1. The molecule has 0 aliphatic rings. The van der Waals surface area contributed by atoms with Gasteiger partial charge in [0.25, 0.3) is 0 Å². The van der Waals surface area contributed by atoms with E-state index in [0.29, 0.717) is 10.0 Å². The Labute approximate surface area is 131 Å². The van der Waals surface area contributed by atoms with Crippen molar-refractivity contribution in [3.05, 3.63) is 64.0 Å². The summed E-state index contributed by atoms with van der Waals surface area (Å²) >= 11 is 13.5. The molecule has 0 aliphatic heterocycles. The van der Waals surface area contributed by atoms with Crippen LogP contribution in [0.5, 0.6) is 0 Å². The Balaban J connectivity index is 1.84. The summed E-state index contributed by atoms with van der Waals surface area (Å²) in [5, 5.41) is 7.46. The molecule has 1 aromatic heterocycles. The van der Waals surface area contributed by atoms with Crippen LogP contribution in [-0.4, -0.2) is 4.98 Å². The third-order valence-corrected chi connectivity index (χ3v) is 3.93. The number of rotatable bonds is 3. The van der Waals surface area contributed by atoms with E-state index < -0.39 is 0 Å². The molecule has 2 nitrogen and oxygen atoms in total. The molecule has 0 radical (unpaired) electrons. The molecule has 0 spiro atoms. The van der Waals surface area contributed by atoms with Crippen LogP contribution < -0.4 is 5.32 Å². The Morgan fingerprint density at radius 3 is 2.45 bits per heavy atom. The molecule has 3 rings (SSSR count). The second-order valence-corrected chi connectivity index (χ2v) is 5.91. The summed E-state index contributed by atoms with van der Waals surface area (Å²) in [6, 6.07) is 15.2. The smallest absolute Gasteiger partial charge is 0.187 e. The van der Waals surface area contributed by atoms with Crippen LogP contribution in [0.3, 0.4) is 0 Å². The third kappa shape index (κ3) is 3.12. The summed E-state index contributed by atoms with van der Waals surface area (Å²) in [5.41, 5.74) is 2.83. The van der Waals surface area contributed by atoms with E-state index in [0.717, 1.165) is 22.1 Å². The highest BCUT2D eigenvalue weighted by Crippen LogP contribution is 2.29. The van der Waals surface area contributed by atoms with Crippen LogP contribution in [0.15, 0.2) is 53.9 Å². The van der Waals surface area contributed by atoms with Gasteiger partial charge in [-0.15, -0.1) is 11.3 Å². The minimum Gasteiger partial charge on any atom is -0.331 e. The van der Waals surface area contributed by atoms with E-state index in [1.165, 1.54) is 0 Å². The molecule has 0 fully saturated rings. The molecule has 2 aromatic carbocycles. The van der Waals surface area contributed by atoms with Gasteiger partial charge in [-0.2, -0.15) is 0 Å². The number of aromatic nitrogens is 1. The van der Waals surface area contributed by atoms with Gasteiger partial charge in [-0.1, -0.05) is 41.4 Å². The second kappa shape index (κ2) is 5.83. The van der Waals surface area contributed by atoms with E-state index in [9.17, 15) is 0 Å².